The van der Waals surface area contributed by atoms with Crippen LogP contribution in [-0.4, -0.2) is 51.4 Å². The van der Waals surface area contributed by atoms with E-state index in [2.05, 4.69) is 16.0 Å². The van der Waals surface area contributed by atoms with Gasteiger partial charge in [-0.15, -0.1) is 11.8 Å². The number of ether oxygens (including phenoxy) is 1. The summed E-state index contributed by atoms with van der Waals surface area (Å²) in [5.74, 6) is -0.861. The van der Waals surface area contributed by atoms with Crippen molar-refractivity contribution in [3.8, 4) is 0 Å². The lowest BCUT2D eigenvalue weighted by Gasteiger charge is -2.36. The fourth-order valence-corrected chi connectivity index (χ4v) is 5.92. The molecule has 3 N–H and O–H groups in total. The number of amides is 2. The molecule has 0 spiro atoms. The number of anilines is 2. The fraction of sp³-hybridized carbons (Fsp3) is 0.273. The van der Waals surface area contributed by atoms with Crippen LogP contribution in [0.2, 0.25) is 0 Å². The molecule has 2 heterocycles. The van der Waals surface area contributed by atoms with Crippen molar-refractivity contribution >= 4 is 69.2 Å². The van der Waals surface area contributed by atoms with E-state index in [4.69, 9.17) is 17.0 Å². The first-order valence-corrected chi connectivity index (χ1v) is 12.6. The van der Waals surface area contributed by atoms with Crippen LogP contribution in [0.1, 0.15) is 17.3 Å². The number of para-hydroxylation sites is 2. The molecule has 0 bridgehead atoms. The van der Waals surface area contributed by atoms with E-state index in [0.29, 0.717) is 15.6 Å². The van der Waals surface area contributed by atoms with E-state index in [-0.39, 0.29) is 35.6 Å². The minimum Gasteiger partial charge on any atom is -0.462 e. The average Bonchev–Trinajstić information content (AvgIpc) is 3.15. The van der Waals surface area contributed by atoms with Crippen molar-refractivity contribution in [3.05, 3.63) is 60.2 Å². The summed E-state index contributed by atoms with van der Waals surface area (Å²) < 4.78 is 5.67. The van der Waals surface area contributed by atoms with E-state index < -0.39 is 11.5 Å². The number of nitrogens with one attached hydrogen (secondary N) is 3. The third-order valence-corrected chi connectivity index (χ3v) is 7.58. The molecular formula is C22H22N4O4S3. The Balaban J connectivity index is 1.39. The standard InChI is InChI=1S/C22H22N4O4S3/c1-2-30-20(29)14-10-6-7-11-15(14)23-16(27)12-32-21-24-18-17(19(28)25-21)33-22(31)26(18)13-8-4-3-5-9-13/h3-11,17-18,21,24H,2,12H2,1H3,(H,23,27)(H,25,28). The highest BCUT2D eigenvalue weighted by atomic mass is 32.2. The van der Waals surface area contributed by atoms with Crippen LogP contribution >= 0.6 is 35.7 Å². The first-order chi connectivity index (χ1) is 16.0. The van der Waals surface area contributed by atoms with Gasteiger partial charge in [-0.05, 0) is 31.2 Å². The second kappa shape index (κ2) is 10.6. The maximum Gasteiger partial charge on any atom is 0.340 e. The molecule has 2 aliphatic rings. The molecule has 0 aliphatic carbocycles. The molecule has 33 heavy (non-hydrogen) atoms. The molecule has 0 aromatic heterocycles. The highest BCUT2D eigenvalue weighted by molar-refractivity contribution is 8.24. The van der Waals surface area contributed by atoms with Crippen molar-refractivity contribution in [1.29, 1.82) is 0 Å². The summed E-state index contributed by atoms with van der Waals surface area (Å²) in [5, 5.41) is 8.66. The second-order valence-electron chi connectivity index (χ2n) is 7.14. The predicted molar refractivity (Wildman–Crippen MR) is 135 cm³/mol. The number of hydrogen-bond donors (Lipinski definition) is 3. The van der Waals surface area contributed by atoms with E-state index in [1.165, 1.54) is 23.5 Å². The molecule has 2 aromatic rings. The minimum absolute atomic E-state index is 0.0649. The van der Waals surface area contributed by atoms with Crippen LogP contribution in [0.5, 0.6) is 0 Å². The van der Waals surface area contributed by atoms with Gasteiger partial charge in [0.1, 0.15) is 21.2 Å². The molecule has 0 radical (unpaired) electrons. The van der Waals surface area contributed by atoms with E-state index in [9.17, 15) is 14.4 Å². The summed E-state index contributed by atoms with van der Waals surface area (Å²) in [4.78, 5) is 39.3. The summed E-state index contributed by atoms with van der Waals surface area (Å²) in [5.41, 5.74) is 1.11. The van der Waals surface area contributed by atoms with Gasteiger partial charge in [0.15, 0.2) is 0 Å². The third-order valence-electron chi connectivity index (χ3n) is 4.96. The Hall–Kier alpha value is -2.60. The first kappa shape index (κ1) is 23.6. The number of fused-ring (bicyclic) bond motifs is 1. The number of rotatable bonds is 7. The van der Waals surface area contributed by atoms with Crippen LogP contribution in [0, 0.1) is 0 Å². The van der Waals surface area contributed by atoms with Gasteiger partial charge in [0, 0.05) is 5.69 Å². The SMILES string of the molecule is CCOC(=O)c1ccccc1NC(=O)CSC1NC(=O)C2SC(=S)N(c3ccccc3)C2N1. The lowest BCUT2D eigenvalue weighted by molar-refractivity contribution is -0.122. The first-order valence-electron chi connectivity index (χ1n) is 10.3. The lowest BCUT2D eigenvalue weighted by Crippen LogP contribution is -2.64. The molecule has 2 saturated heterocycles. The molecule has 2 aromatic carbocycles. The minimum atomic E-state index is -0.496. The molecular weight excluding hydrogens is 480 g/mol. The molecule has 0 saturated carbocycles. The highest BCUT2D eigenvalue weighted by Crippen LogP contribution is 2.37. The molecule has 172 valence electrons. The van der Waals surface area contributed by atoms with Gasteiger partial charge in [0.25, 0.3) is 0 Å². The molecule has 8 nitrogen and oxygen atoms in total. The van der Waals surface area contributed by atoms with Crippen LogP contribution in [0.25, 0.3) is 0 Å². The number of carbonyl (C=O) groups excluding carboxylic acids is 3. The lowest BCUT2D eigenvalue weighted by atomic mass is 10.2. The summed E-state index contributed by atoms with van der Waals surface area (Å²) >= 11 is 8.12. The van der Waals surface area contributed by atoms with Crippen molar-refractivity contribution < 1.29 is 19.1 Å². The summed E-state index contributed by atoms with van der Waals surface area (Å²) in [6, 6.07) is 16.3. The second-order valence-corrected chi connectivity index (χ2v) is 10.0. The maximum absolute atomic E-state index is 12.7. The van der Waals surface area contributed by atoms with Gasteiger partial charge in [-0.2, -0.15) is 0 Å². The van der Waals surface area contributed by atoms with Gasteiger partial charge in [0.05, 0.1) is 23.6 Å². The molecule has 2 fully saturated rings. The van der Waals surface area contributed by atoms with Crippen LogP contribution in [0.15, 0.2) is 54.6 Å². The molecule has 3 atom stereocenters. The Morgan fingerprint density at radius 1 is 1.18 bits per heavy atom. The van der Waals surface area contributed by atoms with Gasteiger partial charge in [-0.25, -0.2) is 4.79 Å². The van der Waals surface area contributed by atoms with Crippen LogP contribution in [0.4, 0.5) is 11.4 Å². The van der Waals surface area contributed by atoms with Crippen LogP contribution < -0.4 is 20.9 Å². The van der Waals surface area contributed by atoms with Crippen molar-refractivity contribution in [2.45, 2.75) is 23.8 Å². The number of thiocarbonyl (C=S) groups is 1. The number of hydrogen-bond acceptors (Lipinski definition) is 8. The molecule has 4 rings (SSSR count). The number of carbonyl (C=O) groups is 3. The van der Waals surface area contributed by atoms with Gasteiger partial charge < -0.3 is 20.3 Å². The molecule has 2 amide bonds. The van der Waals surface area contributed by atoms with Crippen molar-refractivity contribution in [2.24, 2.45) is 0 Å². The Labute approximate surface area is 205 Å². The Morgan fingerprint density at radius 3 is 2.67 bits per heavy atom. The fourth-order valence-electron chi connectivity index (χ4n) is 3.51. The Bertz CT molecular complexity index is 1070. The number of nitrogens with zero attached hydrogens (tertiary/aromatic N) is 1. The molecule has 11 heteroatoms. The summed E-state index contributed by atoms with van der Waals surface area (Å²) in [6.45, 7) is 1.97. The van der Waals surface area contributed by atoms with Crippen molar-refractivity contribution in [3.63, 3.8) is 0 Å². The van der Waals surface area contributed by atoms with Gasteiger partial charge in [0.2, 0.25) is 11.8 Å². The van der Waals surface area contributed by atoms with E-state index in [1.807, 2.05) is 35.2 Å². The number of benzene rings is 2. The largest absolute Gasteiger partial charge is 0.462 e. The van der Waals surface area contributed by atoms with Crippen LogP contribution in [-0.2, 0) is 14.3 Å². The quantitative estimate of drug-likeness (QED) is 0.390. The van der Waals surface area contributed by atoms with E-state index in [1.54, 1.807) is 31.2 Å². The van der Waals surface area contributed by atoms with E-state index in [0.717, 1.165) is 5.69 Å². The van der Waals surface area contributed by atoms with Crippen molar-refractivity contribution in [1.82, 2.24) is 10.6 Å². The number of thioether (sulfide) groups is 2. The van der Waals surface area contributed by atoms with Crippen LogP contribution in [0.3, 0.4) is 0 Å². The monoisotopic (exact) mass is 502 g/mol. The zero-order valence-corrected chi connectivity index (χ0v) is 20.1. The Kier molecular flexibility index (Phi) is 7.53. The third kappa shape index (κ3) is 5.32. The summed E-state index contributed by atoms with van der Waals surface area (Å²) in [6.07, 6.45) is -0.316. The highest BCUT2D eigenvalue weighted by Gasteiger charge is 2.47. The van der Waals surface area contributed by atoms with Crippen molar-refractivity contribution in [2.75, 3.05) is 22.6 Å². The van der Waals surface area contributed by atoms with Gasteiger partial charge in [-0.3, -0.25) is 14.9 Å². The predicted octanol–water partition coefficient (Wildman–Crippen LogP) is 2.77. The Morgan fingerprint density at radius 2 is 1.91 bits per heavy atom. The zero-order chi connectivity index (χ0) is 23.4. The van der Waals surface area contributed by atoms with E-state index >= 15 is 0 Å². The molecule has 2 aliphatic heterocycles. The zero-order valence-electron chi connectivity index (χ0n) is 17.6. The van der Waals surface area contributed by atoms with Gasteiger partial charge >= 0.3 is 5.97 Å². The van der Waals surface area contributed by atoms with Gasteiger partial charge in [-0.1, -0.05) is 54.3 Å². The summed E-state index contributed by atoms with van der Waals surface area (Å²) in [7, 11) is 0. The average molecular weight is 503 g/mol. The maximum atomic E-state index is 12.7. The molecule has 3 unspecified atom stereocenters. The topological polar surface area (TPSA) is 99.8 Å². The smallest absolute Gasteiger partial charge is 0.340 e. The number of esters is 1. The normalized spacial score (nSPS) is 21.8.